The molecule has 8 heteroatoms. The van der Waals surface area contributed by atoms with Crippen molar-refractivity contribution >= 4 is 35.3 Å². The number of halogens is 1. The quantitative estimate of drug-likeness (QED) is 0.538. The Labute approximate surface area is 174 Å². The van der Waals surface area contributed by atoms with Crippen LogP contribution in [0.2, 0.25) is 5.02 Å². The topological polar surface area (TPSA) is 92.8 Å². The van der Waals surface area contributed by atoms with Gasteiger partial charge >= 0.3 is 5.97 Å². The van der Waals surface area contributed by atoms with E-state index in [1.165, 1.54) is 6.92 Å². The molecule has 1 saturated carbocycles. The predicted molar refractivity (Wildman–Crippen MR) is 106 cm³/mol. The molecule has 1 aromatic carbocycles. The summed E-state index contributed by atoms with van der Waals surface area (Å²) in [5, 5.41) is 3.32. The van der Waals surface area contributed by atoms with Crippen LogP contribution in [0.1, 0.15) is 38.2 Å². The maximum absolute atomic E-state index is 12.5. The van der Waals surface area contributed by atoms with Crippen LogP contribution in [0.15, 0.2) is 24.3 Å². The van der Waals surface area contributed by atoms with Gasteiger partial charge in [0, 0.05) is 11.6 Å². The lowest BCUT2D eigenvalue weighted by Gasteiger charge is -2.21. The van der Waals surface area contributed by atoms with E-state index in [0.29, 0.717) is 30.8 Å². The van der Waals surface area contributed by atoms with E-state index in [0.717, 1.165) is 23.3 Å². The van der Waals surface area contributed by atoms with Crippen LogP contribution in [0.4, 0.5) is 0 Å². The number of nitrogens with one attached hydrogen (secondary N) is 1. The standard InChI is InChI=1S/C21H25ClN2O5/c1-13(24-19(26)16-4-2-3-5-17(16)20(24)27)21(28)29-12-18(25)23-11-10-14-6-8-15(22)9-7-14/h6-9,13,16-17H,2-5,10-12H2,1H3,(H,23,25)/t13-,16-,17-/m0/s1. The SMILES string of the molecule is C[C@@H](C(=O)OCC(=O)NCCc1ccc(Cl)cc1)N1C(=O)[C@H]2CCCC[C@@H]2C1=O. The normalized spacial score (nSPS) is 22.2. The number of esters is 1. The first-order valence-corrected chi connectivity index (χ1v) is 10.3. The zero-order valence-corrected chi connectivity index (χ0v) is 17.1. The Hall–Kier alpha value is -2.41. The minimum atomic E-state index is -1.03. The summed E-state index contributed by atoms with van der Waals surface area (Å²) in [7, 11) is 0. The summed E-state index contributed by atoms with van der Waals surface area (Å²) in [6, 6.07) is 6.27. The van der Waals surface area contributed by atoms with Crippen LogP contribution < -0.4 is 5.32 Å². The highest BCUT2D eigenvalue weighted by molar-refractivity contribution is 6.30. The second kappa shape index (κ2) is 9.39. The van der Waals surface area contributed by atoms with E-state index in [9.17, 15) is 19.2 Å². The summed E-state index contributed by atoms with van der Waals surface area (Å²) in [6.45, 7) is 1.40. The molecule has 0 bridgehead atoms. The van der Waals surface area contributed by atoms with Crippen LogP contribution in [0.25, 0.3) is 0 Å². The van der Waals surface area contributed by atoms with Gasteiger partial charge in [-0.2, -0.15) is 0 Å². The third-order valence-corrected chi connectivity index (χ3v) is 5.85. The first-order valence-electron chi connectivity index (χ1n) is 9.93. The second-order valence-corrected chi connectivity index (χ2v) is 7.99. The number of imide groups is 1. The summed E-state index contributed by atoms with van der Waals surface area (Å²) >= 11 is 5.83. The van der Waals surface area contributed by atoms with Crippen LogP contribution in [-0.4, -0.2) is 47.8 Å². The van der Waals surface area contributed by atoms with Gasteiger partial charge in [0.1, 0.15) is 6.04 Å². The molecule has 29 heavy (non-hydrogen) atoms. The highest BCUT2D eigenvalue weighted by Crippen LogP contribution is 2.38. The van der Waals surface area contributed by atoms with Crippen LogP contribution in [0.3, 0.4) is 0 Å². The summed E-state index contributed by atoms with van der Waals surface area (Å²) in [5.41, 5.74) is 1.02. The van der Waals surface area contributed by atoms with Crippen molar-refractivity contribution in [2.24, 2.45) is 11.8 Å². The van der Waals surface area contributed by atoms with Crippen molar-refractivity contribution in [3.8, 4) is 0 Å². The number of nitrogens with zero attached hydrogens (tertiary/aromatic N) is 1. The molecule has 1 aliphatic carbocycles. The molecule has 0 spiro atoms. The molecule has 1 heterocycles. The van der Waals surface area contributed by atoms with Gasteiger partial charge in [-0.15, -0.1) is 0 Å². The summed E-state index contributed by atoms with van der Waals surface area (Å²) in [4.78, 5) is 50.3. The van der Waals surface area contributed by atoms with E-state index in [-0.39, 0.29) is 23.7 Å². The van der Waals surface area contributed by atoms with Gasteiger partial charge in [0.15, 0.2) is 6.61 Å². The number of carbonyl (C=O) groups excluding carboxylic acids is 4. The first kappa shape index (κ1) is 21.3. The molecule has 2 aliphatic rings. The van der Waals surface area contributed by atoms with Gasteiger partial charge in [0.05, 0.1) is 11.8 Å². The molecule has 156 valence electrons. The van der Waals surface area contributed by atoms with Gasteiger partial charge in [0.2, 0.25) is 11.8 Å². The fourth-order valence-corrected chi connectivity index (χ4v) is 4.11. The fraction of sp³-hybridized carbons (Fsp3) is 0.524. The Balaban J connectivity index is 1.43. The lowest BCUT2D eigenvalue weighted by Crippen LogP contribution is -2.45. The smallest absolute Gasteiger partial charge is 0.329 e. The summed E-state index contributed by atoms with van der Waals surface area (Å²) < 4.78 is 5.03. The Morgan fingerprint density at radius 2 is 1.72 bits per heavy atom. The number of amides is 3. The lowest BCUT2D eigenvalue weighted by molar-refractivity contribution is -0.159. The minimum absolute atomic E-state index is 0.295. The molecule has 0 aromatic heterocycles. The molecule has 0 radical (unpaired) electrons. The zero-order valence-electron chi connectivity index (χ0n) is 16.4. The number of likely N-dealkylation sites (tertiary alicyclic amines) is 1. The van der Waals surface area contributed by atoms with Gasteiger partial charge in [-0.25, -0.2) is 4.79 Å². The maximum Gasteiger partial charge on any atom is 0.329 e. The molecular weight excluding hydrogens is 396 g/mol. The first-order chi connectivity index (χ1) is 13.9. The van der Waals surface area contributed by atoms with Gasteiger partial charge in [-0.1, -0.05) is 36.6 Å². The molecule has 1 aliphatic heterocycles. The van der Waals surface area contributed by atoms with Crippen molar-refractivity contribution in [2.45, 2.75) is 45.1 Å². The molecule has 0 unspecified atom stereocenters. The molecule has 3 atom stereocenters. The molecule has 2 fully saturated rings. The van der Waals surface area contributed by atoms with E-state index < -0.39 is 24.5 Å². The monoisotopic (exact) mass is 420 g/mol. The second-order valence-electron chi connectivity index (χ2n) is 7.55. The number of rotatable bonds is 7. The maximum atomic E-state index is 12.5. The molecule has 7 nitrogen and oxygen atoms in total. The van der Waals surface area contributed by atoms with Crippen molar-refractivity contribution in [2.75, 3.05) is 13.2 Å². The van der Waals surface area contributed by atoms with Gasteiger partial charge in [0.25, 0.3) is 5.91 Å². The highest BCUT2D eigenvalue weighted by Gasteiger charge is 2.51. The van der Waals surface area contributed by atoms with Crippen molar-refractivity contribution < 1.29 is 23.9 Å². The predicted octanol–water partition coefficient (Wildman–Crippen LogP) is 2.11. The molecule has 3 rings (SSSR count). The van der Waals surface area contributed by atoms with Crippen LogP contribution >= 0.6 is 11.6 Å². The Bertz CT molecular complexity index is 771. The van der Waals surface area contributed by atoms with Crippen LogP contribution in [0, 0.1) is 11.8 Å². The zero-order chi connectivity index (χ0) is 21.0. The number of fused-ring (bicyclic) bond motifs is 1. The number of hydrogen-bond donors (Lipinski definition) is 1. The van der Waals surface area contributed by atoms with Crippen molar-refractivity contribution in [1.82, 2.24) is 10.2 Å². The van der Waals surface area contributed by atoms with Crippen molar-refractivity contribution in [1.29, 1.82) is 0 Å². The average molecular weight is 421 g/mol. The van der Waals surface area contributed by atoms with E-state index in [4.69, 9.17) is 16.3 Å². The van der Waals surface area contributed by atoms with E-state index in [2.05, 4.69) is 5.32 Å². The van der Waals surface area contributed by atoms with Crippen LogP contribution in [-0.2, 0) is 30.3 Å². The number of benzene rings is 1. The van der Waals surface area contributed by atoms with E-state index in [1.54, 1.807) is 12.1 Å². The highest BCUT2D eigenvalue weighted by atomic mass is 35.5. The lowest BCUT2D eigenvalue weighted by atomic mass is 9.81. The molecular formula is C21H25ClN2O5. The summed E-state index contributed by atoms with van der Waals surface area (Å²) in [6.07, 6.45) is 3.83. The van der Waals surface area contributed by atoms with Crippen molar-refractivity contribution in [3.63, 3.8) is 0 Å². The Morgan fingerprint density at radius 1 is 1.14 bits per heavy atom. The summed E-state index contributed by atoms with van der Waals surface area (Å²) in [5.74, 6) is -2.41. The largest absolute Gasteiger partial charge is 0.454 e. The third kappa shape index (κ3) is 4.96. The average Bonchev–Trinajstić information content (AvgIpc) is 2.98. The van der Waals surface area contributed by atoms with Gasteiger partial charge in [-0.05, 0) is 43.9 Å². The number of ether oxygens (including phenoxy) is 1. The molecule has 1 N–H and O–H groups in total. The minimum Gasteiger partial charge on any atom is -0.454 e. The molecule has 1 aromatic rings. The Morgan fingerprint density at radius 3 is 2.31 bits per heavy atom. The van der Waals surface area contributed by atoms with E-state index in [1.807, 2.05) is 12.1 Å². The van der Waals surface area contributed by atoms with Gasteiger partial charge < -0.3 is 10.1 Å². The third-order valence-electron chi connectivity index (χ3n) is 5.60. The fourth-order valence-electron chi connectivity index (χ4n) is 3.98. The van der Waals surface area contributed by atoms with Gasteiger partial charge in [-0.3, -0.25) is 19.3 Å². The Kier molecular flexibility index (Phi) is 6.90. The number of carbonyl (C=O) groups is 4. The number of hydrogen-bond acceptors (Lipinski definition) is 5. The molecule has 3 amide bonds. The van der Waals surface area contributed by atoms with E-state index >= 15 is 0 Å². The molecule has 1 saturated heterocycles. The van der Waals surface area contributed by atoms with Crippen molar-refractivity contribution in [3.05, 3.63) is 34.9 Å². The van der Waals surface area contributed by atoms with Crippen LogP contribution in [0.5, 0.6) is 0 Å².